The van der Waals surface area contributed by atoms with Gasteiger partial charge in [0.1, 0.15) is 5.82 Å². The van der Waals surface area contributed by atoms with Gasteiger partial charge in [0.25, 0.3) is 0 Å². The first-order chi connectivity index (χ1) is 17.3. The first-order valence-corrected chi connectivity index (χ1v) is 14.3. The Hall–Kier alpha value is -2.97. The maximum Gasteiger partial charge on any atom is 0.243 e. The van der Waals surface area contributed by atoms with E-state index >= 15 is 0 Å². The van der Waals surface area contributed by atoms with Crippen LogP contribution in [0, 0.1) is 19.8 Å². The number of nitrogens with one attached hydrogen (secondary N) is 1. The Morgan fingerprint density at radius 1 is 0.917 bits per heavy atom. The molecule has 1 aromatic heterocycles. The fourth-order valence-corrected chi connectivity index (χ4v) is 6.70. The average Bonchev–Trinajstić information content (AvgIpc) is 2.90. The summed E-state index contributed by atoms with van der Waals surface area (Å²) in [7, 11) is -3.48. The fraction of sp³-hybridized carbons (Fsp3) is 0.429. The number of anilines is 2. The van der Waals surface area contributed by atoms with E-state index in [2.05, 4.69) is 17.1 Å². The number of hydrogen-bond donors (Lipinski definition) is 1. The lowest BCUT2D eigenvalue weighted by Crippen LogP contribution is -2.41. The molecule has 0 bridgehead atoms. The third-order valence-corrected chi connectivity index (χ3v) is 9.38. The van der Waals surface area contributed by atoms with Gasteiger partial charge in [-0.25, -0.2) is 13.4 Å². The second kappa shape index (κ2) is 10.2. The highest BCUT2D eigenvalue weighted by Crippen LogP contribution is 2.28. The minimum absolute atomic E-state index is 0.0382. The summed E-state index contributed by atoms with van der Waals surface area (Å²) < 4.78 is 27.7. The summed E-state index contributed by atoms with van der Waals surface area (Å²) in [6, 6.07) is 15.0. The summed E-state index contributed by atoms with van der Waals surface area (Å²) in [5, 5.41) is 3.89. The van der Waals surface area contributed by atoms with Gasteiger partial charge in [-0.15, -0.1) is 0 Å². The Labute approximate surface area is 213 Å². The van der Waals surface area contributed by atoms with Crippen LogP contribution in [0.5, 0.6) is 0 Å². The van der Waals surface area contributed by atoms with Crippen molar-refractivity contribution >= 4 is 38.3 Å². The van der Waals surface area contributed by atoms with Crippen LogP contribution >= 0.6 is 0 Å². The van der Waals surface area contributed by atoms with Crippen LogP contribution < -0.4 is 10.2 Å². The lowest BCUT2D eigenvalue weighted by molar-refractivity contribution is -0.120. The number of nitrogens with zero attached hydrogens (tertiary/aromatic N) is 3. The number of benzene rings is 2. The normalized spacial score (nSPS) is 19.4. The number of aromatic nitrogens is 1. The lowest BCUT2D eigenvalue weighted by Gasteiger charge is -2.33. The van der Waals surface area contributed by atoms with Crippen molar-refractivity contribution in [3.63, 3.8) is 0 Å². The monoisotopic (exact) mass is 506 g/mol. The molecule has 7 nitrogen and oxygen atoms in total. The van der Waals surface area contributed by atoms with Crippen LogP contribution in [-0.2, 0) is 14.8 Å². The minimum atomic E-state index is -3.48. The highest BCUT2D eigenvalue weighted by atomic mass is 32.2. The zero-order valence-corrected chi connectivity index (χ0v) is 21.9. The van der Waals surface area contributed by atoms with Gasteiger partial charge < -0.3 is 10.2 Å². The molecule has 3 aromatic rings. The van der Waals surface area contributed by atoms with Crippen molar-refractivity contribution in [1.82, 2.24) is 9.29 Å². The topological polar surface area (TPSA) is 82.6 Å². The van der Waals surface area contributed by atoms with E-state index in [9.17, 15) is 13.2 Å². The molecule has 1 amide bonds. The number of amides is 1. The van der Waals surface area contributed by atoms with Gasteiger partial charge in [0, 0.05) is 37.3 Å². The van der Waals surface area contributed by atoms with E-state index in [-0.39, 0.29) is 11.8 Å². The van der Waals surface area contributed by atoms with Crippen LogP contribution in [0.2, 0.25) is 0 Å². The molecule has 2 fully saturated rings. The van der Waals surface area contributed by atoms with Crippen molar-refractivity contribution < 1.29 is 13.2 Å². The Bertz CT molecular complexity index is 1380. The third-order valence-electron chi connectivity index (χ3n) is 7.49. The summed E-state index contributed by atoms with van der Waals surface area (Å²) in [5.41, 5.74) is 3.95. The molecule has 1 N–H and O–H groups in total. The molecule has 0 radical (unpaired) electrons. The van der Waals surface area contributed by atoms with Gasteiger partial charge in [0.15, 0.2) is 0 Å². The summed E-state index contributed by atoms with van der Waals surface area (Å²) in [6.45, 7) is 6.73. The van der Waals surface area contributed by atoms with Crippen molar-refractivity contribution in [2.24, 2.45) is 5.92 Å². The van der Waals surface area contributed by atoms with Crippen LogP contribution in [0.1, 0.15) is 43.2 Å². The van der Waals surface area contributed by atoms with E-state index in [4.69, 9.17) is 4.98 Å². The van der Waals surface area contributed by atoms with Gasteiger partial charge in [-0.2, -0.15) is 4.31 Å². The van der Waals surface area contributed by atoms with Crippen LogP contribution in [0.25, 0.3) is 10.9 Å². The van der Waals surface area contributed by atoms with Crippen molar-refractivity contribution in [3.8, 4) is 0 Å². The van der Waals surface area contributed by atoms with Crippen molar-refractivity contribution in [2.75, 3.05) is 36.4 Å². The van der Waals surface area contributed by atoms with Gasteiger partial charge in [-0.05, 0) is 93.1 Å². The molecule has 5 rings (SSSR count). The minimum Gasteiger partial charge on any atom is -0.356 e. The zero-order chi connectivity index (χ0) is 25.3. The molecule has 36 heavy (non-hydrogen) atoms. The van der Waals surface area contributed by atoms with Crippen molar-refractivity contribution in [1.29, 1.82) is 0 Å². The number of fused-ring (bicyclic) bond motifs is 1. The zero-order valence-electron chi connectivity index (χ0n) is 21.0. The van der Waals surface area contributed by atoms with Crippen LogP contribution in [-0.4, -0.2) is 49.8 Å². The second-order valence-electron chi connectivity index (χ2n) is 10.1. The van der Waals surface area contributed by atoms with Crippen LogP contribution in [0.15, 0.2) is 53.4 Å². The lowest BCUT2D eigenvalue weighted by atomic mass is 9.96. The molecule has 0 unspecified atom stereocenters. The van der Waals surface area contributed by atoms with Gasteiger partial charge in [-0.1, -0.05) is 12.5 Å². The fourth-order valence-electron chi connectivity index (χ4n) is 5.15. The van der Waals surface area contributed by atoms with Crippen LogP contribution in [0.3, 0.4) is 0 Å². The molecule has 0 spiro atoms. The quantitative estimate of drug-likeness (QED) is 0.533. The smallest absolute Gasteiger partial charge is 0.243 e. The highest BCUT2D eigenvalue weighted by Gasteiger charge is 2.28. The molecule has 3 heterocycles. The maximum absolute atomic E-state index is 13.1. The molecule has 0 aliphatic carbocycles. The summed E-state index contributed by atoms with van der Waals surface area (Å²) in [6.07, 6.45) is 4.67. The molecular weight excluding hydrogens is 472 g/mol. The second-order valence-corrected chi connectivity index (χ2v) is 12.0. The SMILES string of the molecule is Cc1ccc(NC(=O)[C@@H]2CCCN(c3ccc4cc(S(=O)(=O)N5CCCCC5)ccc4n3)C2)cc1C. The summed E-state index contributed by atoms with van der Waals surface area (Å²) >= 11 is 0. The molecule has 2 saturated heterocycles. The standard InChI is InChI=1S/C28H34N4O3S/c1-20-8-10-24(17-21(20)2)29-28(33)23-7-6-14-31(19-23)27-13-9-22-18-25(11-12-26(22)30-27)36(34,35)32-15-4-3-5-16-32/h8-13,17-18,23H,3-7,14-16,19H2,1-2H3,(H,29,33)/t23-/m1/s1. The van der Waals surface area contributed by atoms with Crippen molar-refractivity contribution in [2.45, 2.75) is 50.8 Å². The molecular formula is C28H34N4O3S. The Morgan fingerprint density at radius 3 is 2.50 bits per heavy atom. The molecule has 190 valence electrons. The summed E-state index contributed by atoms with van der Waals surface area (Å²) in [4.78, 5) is 20.3. The first-order valence-electron chi connectivity index (χ1n) is 12.9. The molecule has 1 atom stereocenters. The molecule has 0 saturated carbocycles. The Balaban J connectivity index is 1.30. The number of carbonyl (C=O) groups is 1. The Kier molecular flexibility index (Phi) is 6.99. The third kappa shape index (κ3) is 5.11. The Morgan fingerprint density at radius 2 is 1.72 bits per heavy atom. The average molecular weight is 507 g/mol. The molecule has 2 aliphatic rings. The number of sulfonamides is 1. The number of rotatable bonds is 5. The first kappa shape index (κ1) is 24.7. The van der Waals surface area contributed by atoms with E-state index in [0.717, 1.165) is 66.6 Å². The maximum atomic E-state index is 13.1. The van der Waals surface area contributed by atoms with Gasteiger partial charge in [0.2, 0.25) is 15.9 Å². The van der Waals surface area contributed by atoms with Gasteiger partial charge >= 0.3 is 0 Å². The van der Waals surface area contributed by atoms with Gasteiger partial charge in [-0.3, -0.25) is 4.79 Å². The van der Waals surface area contributed by atoms with E-state index < -0.39 is 10.0 Å². The number of aryl methyl sites for hydroxylation is 2. The van der Waals surface area contributed by atoms with E-state index in [1.807, 2.05) is 37.3 Å². The molecule has 2 aliphatic heterocycles. The largest absolute Gasteiger partial charge is 0.356 e. The van der Waals surface area contributed by atoms with E-state index in [1.165, 1.54) is 5.56 Å². The molecule has 2 aromatic carbocycles. The van der Waals surface area contributed by atoms with Crippen LogP contribution in [0.4, 0.5) is 11.5 Å². The number of piperidine rings is 2. The number of carbonyl (C=O) groups excluding carboxylic acids is 1. The van der Waals surface area contributed by atoms with E-state index in [1.54, 1.807) is 22.5 Å². The predicted octanol–water partition coefficient (Wildman–Crippen LogP) is 4.88. The van der Waals surface area contributed by atoms with Crippen molar-refractivity contribution in [3.05, 3.63) is 59.7 Å². The molecule has 8 heteroatoms. The number of hydrogen-bond acceptors (Lipinski definition) is 5. The van der Waals surface area contributed by atoms with Gasteiger partial charge in [0.05, 0.1) is 16.3 Å². The summed E-state index contributed by atoms with van der Waals surface area (Å²) in [5.74, 6) is 0.740. The highest BCUT2D eigenvalue weighted by molar-refractivity contribution is 7.89. The predicted molar refractivity (Wildman–Crippen MR) is 144 cm³/mol. The number of pyridine rings is 1. The van der Waals surface area contributed by atoms with E-state index in [0.29, 0.717) is 24.5 Å².